The van der Waals surface area contributed by atoms with Crippen molar-refractivity contribution in [2.24, 2.45) is 0 Å². The number of aromatic nitrogens is 2. The first-order chi connectivity index (χ1) is 6.36. The number of H-pyrrole nitrogens is 1. The monoisotopic (exact) mass is 178 g/mol. The fourth-order valence-electron chi connectivity index (χ4n) is 1.34. The van der Waals surface area contributed by atoms with E-state index in [1.165, 1.54) is 0 Å². The Bertz CT molecular complexity index is 422. The fourth-order valence-corrected chi connectivity index (χ4v) is 1.34. The third-order valence-corrected chi connectivity index (χ3v) is 1.93. The summed E-state index contributed by atoms with van der Waals surface area (Å²) in [6.45, 7) is 0. The Balaban J connectivity index is 2.73. The lowest BCUT2D eigenvalue weighted by Gasteiger charge is -1.99. The third kappa shape index (κ3) is 1.11. The van der Waals surface area contributed by atoms with E-state index in [0.717, 1.165) is 16.7 Å². The Kier molecular flexibility index (Phi) is 1.81. The third-order valence-electron chi connectivity index (χ3n) is 1.93. The van der Waals surface area contributed by atoms with Crippen LogP contribution in [0, 0.1) is 0 Å². The Morgan fingerprint density at radius 2 is 2.15 bits per heavy atom. The summed E-state index contributed by atoms with van der Waals surface area (Å²) in [5, 5.41) is 0.981. The first-order valence-electron chi connectivity index (χ1n) is 3.90. The molecule has 0 unspecified atom stereocenters. The number of methoxy groups -OCH3 is 2. The lowest BCUT2D eigenvalue weighted by atomic mass is 10.3. The number of fused-ring (bicyclic) bond motifs is 1. The zero-order valence-corrected chi connectivity index (χ0v) is 7.50. The lowest BCUT2D eigenvalue weighted by Crippen LogP contribution is -1.86. The van der Waals surface area contributed by atoms with Gasteiger partial charge >= 0.3 is 0 Å². The van der Waals surface area contributed by atoms with Crippen molar-refractivity contribution in [1.82, 2.24) is 9.97 Å². The van der Waals surface area contributed by atoms with Crippen LogP contribution in [-0.4, -0.2) is 24.2 Å². The molecule has 0 aliphatic rings. The predicted octanol–water partition coefficient (Wildman–Crippen LogP) is 1.58. The molecule has 0 bridgehead atoms. The van der Waals surface area contributed by atoms with E-state index in [1.807, 2.05) is 6.07 Å². The minimum atomic E-state index is 0.630. The molecule has 0 aliphatic carbocycles. The normalized spacial score (nSPS) is 10.3. The molecule has 0 radical (unpaired) electrons. The maximum atomic E-state index is 5.21. The van der Waals surface area contributed by atoms with E-state index >= 15 is 0 Å². The number of pyridine rings is 1. The van der Waals surface area contributed by atoms with Gasteiger partial charge in [0.2, 0.25) is 5.88 Å². The van der Waals surface area contributed by atoms with Gasteiger partial charge in [0.05, 0.1) is 25.9 Å². The van der Waals surface area contributed by atoms with Crippen molar-refractivity contribution in [3.63, 3.8) is 0 Å². The molecule has 0 fully saturated rings. The highest BCUT2D eigenvalue weighted by Crippen LogP contribution is 2.34. The number of ether oxygens (including phenoxy) is 2. The van der Waals surface area contributed by atoms with Gasteiger partial charge in [0.1, 0.15) is 0 Å². The quantitative estimate of drug-likeness (QED) is 0.759. The molecule has 0 saturated carbocycles. The number of rotatable bonds is 2. The molecule has 0 aromatic carbocycles. The zero-order chi connectivity index (χ0) is 9.26. The van der Waals surface area contributed by atoms with Crippen LogP contribution in [0.5, 0.6) is 11.6 Å². The summed E-state index contributed by atoms with van der Waals surface area (Å²) in [5.41, 5.74) is 0.913. The SMILES string of the molecule is COc1[nH]c2cnccc2c1OC. The van der Waals surface area contributed by atoms with Crippen LogP contribution in [0.1, 0.15) is 0 Å². The van der Waals surface area contributed by atoms with Crippen LogP contribution in [0.4, 0.5) is 0 Å². The standard InChI is InChI=1S/C9H10N2O2/c1-12-8-6-3-4-10-5-7(6)11-9(8)13-2/h3-5,11H,1-2H3. The number of aromatic amines is 1. The second-order valence-corrected chi connectivity index (χ2v) is 2.61. The van der Waals surface area contributed by atoms with Gasteiger partial charge < -0.3 is 14.5 Å². The Morgan fingerprint density at radius 3 is 2.85 bits per heavy atom. The van der Waals surface area contributed by atoms with Crippen LogP contribution in [0.25, 0.3) is 10.9 Å². The Labute approximate surface area is 75.5 Å². The minimum absolute atomic E-state index is 0.630. The zero-order valence-electron chi connectivity index (χ0n) is 7.50. The van der Waals surface area contributed by atoms with Crippen LogP contribution in [0.15, 0.2) is 18.5 Å². The highest BCUT2D eigenvalue weighted by atomic mass is 16.5. The molecule has 1 N–H and O–H groups in total. The van der Waals surface area contributed by atoms with Crippen molar-refractivity contribution in [3.05, 3.63) is 18.5 Å². The Hall–Kier alpha value is -1.71. The topological polar surface area (TPSA) is 47.1 Å². The minimum Gasteiger partial charge on any atom is -0.491 e. The van der Waals surface area contributed by atoms with Crippen molar-refractivity contribution >= 4 is 10.9 Å². The van der Waals surface area contributed by atoms with Gasteiger partial charge in [-0.2, -0.15) is 0 Å². The average Bonchev–Trinajstić information content (AvgIpc) is 2.55. The smallest absolute Gasteiger partial charge is 0.235 e. The molecule has 0 saturated heterocycles. The van der Waals surface area contributed by atoms with E-state index in [0.29, 0.717) is 5.88 Å². The van der Waals surface area contributed by atoms with Gasteiger partial charge in [-0.1, -0.05) is 0 Å². The molecule has 0 spiro atoms. The maximum Gasteiger partial charge on any atom is 0.235 e. The van der Waals surface area contributed by atoms with Gasteiger partial charge in [-0.05, 0) is 6.07 Å². The highest BCUT2D eigenvalue weighted by molar-refractivity contribution is 5.88. The predicted molar refractivity (Wildman–Crippen MR) is 49.2 cm³/mol. The summed E-state index contributed by atoms with van der Waals surface area (Å²) < 4.78 is 10.3. The van der Waals surface area contributed by atoms with E-state index in [4.69, 9.17) is 9.47 Å². The summed E-state index contributed by atoms with van der Waals surface area (Å²) in [6.07, 6.45) is 3.46. The number of hydrogen-bond acceptors (Lipinski definition) is 3. The largest absolute Gasteiger partial charge is 0.491 e. The molecule has 0 aliphatic heterocycles. The van der Waals surface area contributed by atoms with Crippen molar-refractivity contribution in [2.75, 3.05) is 14.2 Å². The van der Waals surface area contributed by atoms with Gasteiger partial charge in [-0.25, -0.2) is 0 Å². The molecule has 4 heteroatoms. The van der Waals surface area contributed by atoms with Crippen molar-refractivity contribution in [1.29, 1.82) is 0 Å². The molecule has 2 aromatic heterocycles. The second kappa shape index (κ2) is 2.97. The van der Waals surface area contributed by atoms with Gasteiger partial charge in [-0.3, -0.25) is 4.98 Å². The molecule has 4 nitrogen and oxygen atoms in total. The number of hydrogen-bond donors (Lipinski definition) is 1. The van der Waals surface area contributed by atoms with Crippen LogP contribution in [0.3, 0.4) is 0 Å². The first-order valence-corrected chi connectivity index (χ1v) is 3.90. The average molecular weight is 178 g/mol. The van der Waals surface area contributed by atoms with Gasteiger partial charge in [-0.15, -0.1) is 0 Å². The van der Waals surface area contributed by atoms with E-state index in [2.05, 4.69) is 9.97 Å². The highest BCUT2D eigenvalue weighted by Gasteiger charge is 2.11. The molecular formula is C9H10N2O2. The Morgan fingerprint density at radius 1 is 1.31 bits per heavy atom. The molecule has 0 amide bonds. The molecule has 68 valence electrons. The fraction of sp³-hybridized carbons (Fsp3) is 0.222. The maximum absolute atomic E-state index is 5.21. The first kappa shape index (κ1) is 7.91. The van der Waals surface area contributed by atoms with Gasteiger partial charge in [0.15, 0.2) is 5.75 Å². The number of nitrogens with zero attached hydrogens (tertiary/aromatic N) is 1. The molecule has 2 heterocycles. The molecule has 0 atom stereocenters. The van der Waals surface area contributed by atoms with Crippen LogP contribution in [0.2, 0.25) is 0 Å². The number of nitrogens with one attached hydrogen (secondary N) is 1. The van der Waals surface area contributed by atoms with E-state index in [9.17, 15) is 0 Å². The summed E-state index contributed by atoms with van der Waals surface area (Å²) >= 11 is 0. The summed E-state index contributed by atoms with van der Waals surface area (Å²) in [5.74, 6) is 1.35. The van der Waals surface area contributed by atoms with Crippen LogP contribution < -0.4 is 9.47 Å². The molecule has 2 rings (SSSR count). The summed E-state index contributed by atoms with van der Waals surface area (Å²) in [7, 11) is 3.21. The molecular weight excluding hydrogens is 168 g/mol. The van der Waals surface area contributed by atoms with E-state index in [1.54, 1.807) is 26.6 Å². The van der Waals surface area contributed by atoms with Crippen molar-refractivity contribution < 1.29 is 9.47 Å². The lowest BCUT2D eigenvalue weighted by molar-refractivity contribution is 0.351. The van der Waals surface area contributed by atoms with E-state index < -0.39 is 0 Å². The van der Waals surface area contributed by atoms with Gasteiger partial charge in [0, 0.05) is 11.6 Å². The molecule has 2 aromatic rings. The van der Waals surface area contributed by atoms with Crippen molar-refractivity contribution in [3.8, 4) is 11.6 Å². The van der Waals surface area contributed by atoms with Crippen LogP contribution >= 0.6 is 0 Å². The molecule has 13 heavy (non-hydrogen) atoms. The van der Waals surface area contributed by atoms with Crippen LogP contribution in [-0.2, 0) is 0 Å². The second-order valence-electron chi connectivity index (χ2n) is 2.61. The van der Waals surface area contributed by atoms with Gasteiger partial charge in [0.25, 0.3) is 0 Å². The summed E-state index contributed by atoms with van der Waals surface area (Å²) in [4.78, 5) is 7.05. The van der Waals surface area contributed by atoms with E-state index in [-0.39, 0.29) is 0 Å². The summed E-state index contributed by atoms with van der Waals surface area (Å²) in [6, 6.07) is 1.88. The van der Waals surface area contributed by atoms with Crippen molar-refractivity contribution in [2.45, 2.75) is 0 Å².